The molecule has 1 spiro atoms. The Balaban J connectivity index is 1.66. The van der Waals surface area contributed by atoms with Crippen molar-refractivity contribution in [2.24, 2.45) is 5.41 Å². The molecule has 0 bridgehead atoms. The van der Waals surface area contributed by atoms with E-state index in [1.807, 2.05) is 41.3 Å². The van der Waals surface area contributed by atoms with Crippen molar-refractivity contribution in [1.82, 2.24) is 0 Å². The lowest BCUT2D eigenvalue weighted by atomic mass is 9.64. The van der Waals surface area contributed by atoms with Gasteiger partial charge in [-0.25, -0.2) is 0 Å². The van der Waals surface area contributed by atoms with E-state index in [4.69, 9.17) is 16.3 Å². The maximum atomic E-state index is 14.3. The number of nitrogens with zero attached hydrogens (tertiary/aromatic N) is 1. The maximum absolute atomic E-state index is 14.3. The zero-order valence-electron chi connectivity index (χ0n) is 19.2. The summed E-state index contributed by atoms with van der Waals surface area (Å²) in [4.78, 5) is 43.9. The summed E-state index contributed by atoms with van der Waals surface area (Å²) in [7, 11) is 1.58. The average Bonchev–Trinajstić information content (AvgIpc) is 3.30. The van der Waals surface area contributed by atoms with Gasteiger partial charge in [0.05, 0.1) is 19.2 Å². The molecule has 0 aromatic heterocycles. The lowest BCUT2D eigenvalue weighted by Crippen LogP contribution is -2.48. The van der Waals surface area contributed by atoms with E-state index in [9.17, 15) is 14.4 Å². The average molecular weight is 484 g/mol. The Morgan fingerprint density at radius 3 is 2.23 bits per heavy atom. The molecular weight excluding hydrogens is 462 g/mol. The van der Waals surface area contributed by atoms with Gasteiger partial charge in [-0.2, -0.15) is 0 Å². The van der Waals surface area contributed by atoms with Crippen molar-refractivity contribution in [3.8, 4) is 5.75 Å². The topological polar surface area (TPSA) is 63.7 Å². The van der Waals surface area contributed by atoms with E-state index in [0.29, 0.717) is 21.9 Å². The van der Waals surface area contributed by atoms with E-state index >= 15 is 0 Å². The first kappa shape index (κ1) is 21.8. The number of fused-ring (bicyclic) bond motifs is 5. The van der Waals surface area contributed by atoms with Gasteiger partial charge in [0.1, 0.15) is 11.2 Å². The fraction of sp³-hybridized carbons (Fsp3) is 0.207. The molecule has 2 aliphatic heterocycles. The molecule has 1 saturated heterocycles. The number of Topliss-reactive ketones (excluding diaryl/α,β-unsaturated/α-hetero) is 3. The van der Waals surface area contributed by atoms with Crippen LogP contribution in [0, 0.1) is 5.41 Å². The molecule has 0 saturated carbocycles. The summed E-state index contributed by atoms with van der Waals surface area (Å²) in [6.07, 6.45) is 3.79. The summed E-state index contributed by atoms with van der Waals surface area (Å²) >= 11 is 6.26. The molecule has 5 nitrogen and oxygen atoms in total. The molecule has 0 amide bonds. The molecule has 1 fully saturated rings. The first-order valence-electron chi connectivity index (χ1n) is 11.5. The number of halogens is 1. The van der Waals surface area contributed by atoms with Gasteiger partial charge in [0.25, 0.3) is 0 Å². The second-order valence-corrected chi connectivity index (χ2v) is 9.73. The van der Waals surface area contributed by atoms with E-state index in [-0.39, 0.29) is 17.3 Å². The molecule has 3 atom stereocenters. The highest BCUT2D eigenvalue weighted by atomic mass is 35.5. The number of methoxy groups -OCH3 is 1. The van der Waals surface area contributed by atoms with Crippen LogP contribution in [0.5, 0.6) is 5.75 Å². The van der Waals surface area contributed by atoms with Crippen molar-refractivity contribution in [2.75, 3.05) is 12.0 Å². The number of hydrogen-bond donors (Lipinski definition) is 0. The Morgan fingerprint density at radius 2 is 1.63 bits per heavy atom. The normalized spacial score (nSPS) is 23.3. The monoisotopic (exact) mass is 483 g/mol. The summed E-state index contributed by atoms with van der Waals surface area (Å²) in [5.41, 5.74) is 1.74. The number of rotatable bonds is 3. The molecule has 3 aromatic carbocycles. The number of carbonyl (C=O) groups is 3. The standard InChI is InChI=1S/C29H22ClNO4/c1-16(32)26-25(17-7-11-20(35-2)12-8-17)29(27(33)21-5-3-4-6-22(21)28(29)34)24-14-9-18-15-19(30)10-13-23(18)31(24)26/h3-15,24-26H,1-2H3/t24-,25+,26+/m1/s1. The molecule has 0 unspecified atom stereocenters. The lowest BCUT2D eigenvalue weighted by Gasteiger charge is -2.37. The van der Waals surface area contributed by atoms with Crippen molar-refractivity contribution in [2.45, 2.75) is 24.9 Å². The molecule has 0 N–H and O–H groups in total. The molecule has 174 valence electrons. The second-order valence-electron chi connectivity index (χ2n) is 9.29. The number of ether oxygens (including phenoxy) is 1. The van der Waals surface area contributed by atoms with Crippen LogP contribution < -0.4 is 9.64 Å². The summed E-state index contributed by atoms with van der Waals surface area (Å²) in [5, 5.41) is 0.576. The van der Waals surface area contributed by atoms with Gasteiger partial charge < -0.3 is 9.64 Å². The molecule has 3 aromatic rings. The zero-order valence-corrected chi connectivity index (χ0v) is 20.0. The SMILES string of the molecule is COc1ccc([C@H]2[C@H](C(C)=O)N3c4ccc(Cl)cc4C=C[C@@H]3C23C(=O)c2ccccc2C3=O)cc1. The van der Waals surface area contributed by atoms with Crippen LogP contribution >= 0.6 is 11.6 Å². The summed E-state index contributed by atoms with van der Waals surface area (Å²) < 4.78 is 5.33. The number of benzene rings is 3. The summed E-state index contributed by atoms with van der Waals surface area (Å²) in [6.45, 7) is 1.53. The van der Waals surface area contributed by atoms with Gasteiger partial charge in [-0.15, -0.1) is 0 Å². The van der Waals surface area contributed by atoms with E-state index in [1.54, 1.807) is 49.6 Å². The Hall–Kier alpha value is -3.70. The minimum Gasteiger partial charge on any atom is -0.497 e. The predicted octanol–water partition coefficient (Wildman–Crippen LogP) is 5.37. The van der Waals surface area contributed by atoms with Crippen molar-refractivity contribution in [3.63, 3.8) is 0 Å². The minimum absolute atomic E-state index is 0.111. The molecular formula is C29H22ClNO4. The molecule has 0 radical (unpaired) electrons. The Bertz CT molecular complexity index is 1410. The fourth-order valence-electron chi connectivity index (χ4n) is 6.29. The predicted molar refractivity (Wildman–Crippen MR) is 134 cm³/mol. The van der Waals surface area contributed by atoms with Crippen LogP contribution in [-0.2, 0) is 4.79 Å². The van der Waals surface area contributed by atoms with E-state index in [2.05, 4.69) is 0 Å². The second kappa shape index (κ2) is 7.65. The smallest absolute Gasteiger partial charge is 0.180 e. The maximum Gasteiger partial charge on any atom is 0.180 e. The number of hydrogen-bond acceptors (Lipinski definition) is 5. The highest BCUT2D eigenvalue weighted by Crippen LogP contribution is 2.60. The minimum atomic E-state index is -1.47. The molecule has 1 aliphatic carbocycles. The third-order valence-corrected chi connectivity index (χ3v) is 7.89. The van der Waals surface area contributed by atoms with Crippen LogP contribution in [0.2, 0.25) is 5.02 Å². The van der Waals surface area contributed by atoms with E-state index < -0.39 is 23.4 Å². The fourth-order valence-corrected chi connectivity index (χ4v) is 6.47. The van der Waals surface area contributed by atoms with Gasteiger partial charge in [-0.05, 0) is 48.4 Å². The van der Waals surface area contributed by atoms with Gasteiger partial charge >= 0.3 is 0 Å². The molecule has 35 heavy (non-hydrogen) atoms. The number of anilines is 1. The zero-order chi connectivity index (χ0) is 24.5. The van der Waals surface area contributed by atoms with Crippen molar-refractivity contribution < 1.29 is 19.1 Å². The van der Waals surface area contributed by atoms with Crippen LogP contribution in [-0.4, -0.2) is 36.5 Å². The number of ketones is 3. The van der Waals surface area contributed by atoms with Crippen LogP contribution in [0.15, 0.2) is 72.8 Å². The highest BCUT2D eigenvalue weighted by molar-refractivity contribution is 6.32. The Kier molecular flexibility index (Phi) is 4.77. The van der Waals surface area contributed by atoms with Gasteiger partial charge in [0.15, 0.2) is 17.3 Å². The van der Waals surface area contributed by atoms with Crippen LogP contribution in [0.3, 0.4) is 0 Å². The third-order valence-electron chi connectivity index (χ3n) is 7.66. The highest BCUT2D eigenvalue weighted by Gasteiger charge is 2.71. The Morgan fingerprint density at radius 1 is 0.971 bits per heavy atom. The van der Waals surface area contributed by atoms with Crippen LogP contribution in [0.25, 0.3) is 6.08 Å². The number of carbonyl (C=O) groups excluding carboxylic acids is 3. The first-order valence-corrected chi connectivity index (χ1v) is 11.9. The third kappa shape index (κ3) is 2.79. The first-order chi connectivity index (χ1) is 16.9. The van der Waals surface area contributed by atoms with E-state index in [1.165, 1.54) is 6.92 Å². The van der Waals surface area contributed by atoms with E-state index in [0.717, 1.165) is 16.8 Å². The Labute approximate surface area is 208 Å². The molecule has 6 heteroatoms. The van der Waals surface area contributed by atoms with Crippen molar-refractivity contribution >= 4 is 40.7 Å². The lowest BCUT2D eigenvalue weighted by molar-refractivity contribution is -0.118. The molecule has 3 aliphatic rings. The van der Waals surface area contributed by atoms with Gasteiger partial charge in [-0.1, -0.05) is 60.2 Å². The van der Waals surface area contributed by atoms with Crippen LogP contribution in [0.1, 0.15) is 44.7 Å². The molecule has 6 rings (SSSR count). The van der Waals surface area contributed by atoms with Crippen molar-refractivity contribution in [3.05, 3.63) is 100 Å². The largest absolute Gasteiger partial charge is 0.497 e. The summed E-state index contributed by atoms with van der Waals surface area (Å²) in [6, 6.07) is 18.4. The van der Waals surface area contributed by atoms with Gasteiger partial charge in [0.2, 0.25) is 0 Å². The quantitative estimate of drug-likeness (QED) is 0.468. The summed E-state index contributed by atoms with van der Waals surface area (Å²) in [5.74, 6) is -0.611. The van der Waals surface area contributed by atoms with Crippen molar-refractivity contribution in [1.29, 1.82) is 0 Å². The van der Waals surface area contributed by atoms with Gasteiger partial charge in [0, 0.05) is 27.8 Å². The van der Waals surface area contributed by atoms with Crippen LogP contribution in [0.4, 0.5) is 5.69 Å². The molecule has 2 heterocycles. The van der Waals surface area contributed by atoms with Gasteiger partial charge in [-0.3, -0.25) is 14.4 Å².